The Hall–Kier alpha value is -0.980. The molecule has 0 aliphatic carbocycles. The second-order valence-electron chi connectivity index (χ2n) is 3.71. The summed E-state index contributed by atoms with van der Waals surface area (Å²) in [5.74, 6) is 0.723. The summed E-state index contributed by atoms with van der Waals surface area (Å²) in [5.41, 5.74) is 4.19. The van der Waals surface area contributed by atoms with Gasteiger partial charge in [-0.2, -0.15) is 0 Å². The third-order valence-electron chi connectivity index (χ3n) is 2.63. The largest absolute Gasteiger partial charge is 0.385 e. The smallest absolute Gasteiger partial charge is 0.0375 e. The van der Waals surface area contributed by atoms with Crippen molar-refractivity contribution >= 4 is 5.69 Å². The standard InChI is InChI=1S/C11H15N/c1-8-3-4-11-10(7-8)9(2)5-6-12-11/h3-4,7,9,12H,5-6H2,1-2H3. The fourth-order valence-electron chi connectivity index (χ4n) is 1.83. The van der Waals surface area contributed by atoms with Crippen LogP contribution in [0.15, 0.2) is 18.2 Å². The topological polar surface area (TPSA) is 12.0 Å². The minimum absolute atomic E-state index is 0.723. The molecule has 1 aliphatic heterocycles. The van der Waals surface area contributed by atoms with Gasteiger partial charge in [-0.25, -0.2) is 0 Å². The second-order valence-corrected chi connectivity index (χ2v) is 3.71. The van der Waals surface area contributed by atoms with Crippen LogP contribution in [0, 0.1) is 6.92 Å². The van der Waals surface area contributed by atoms with Crippen LogP contribution in [0.3, 0.4) is 0 Å². The monoisotopic (exact) mass is 161 g/mol. The fourth-order valence-corrected chi connectivity index (χ4v) is 1.83. The van der Waals surface area contributed by atoms with Crippen LogP contribution < -0.4 is 5.32 Å². The van der Waals surface area contributed by atoms with Gasteiger partial charge in [0.25, 0.3) is 0 Å². The van der Waals surface area contributed by atoms with Crippen molar-refractivity contribution in [1.29, 1.82) is 0 Å². The van der Waals surface area contributed by atoms with Crippen LogP contribution >= 0.6 is 0 Å². The van der Waals surface area contributed by atoms with Gasteiger partial charge in [-0.3, -0.25) is 0 Å². The quantitative estimate of drug-likeness (QED) is 0.617. The Morgan fingerprint density at radius 3 is 3.08 bits per heavy atom. The molecular formula is C11H15N. The van der Waals surface area contributed by atoms with Gasteiger partial charge in [-0.15, -0.1) is 0 Å². The van der Waals surface area contributed by atoms with Crippen molar-refractivity contribution in [3.05, 3.63) is 29.3 Å². The van der Waals surface area contributed by atoms with Crippen LogP contribution in [0.1, 0.15) is 30.4 Å². The average Bonchev–Trinajstić information content (AvgIpc) is 2.07. The molecule has 0 saturated carbocycles. The molecule has 0 amide bonds. The van der Waals surface area contributed by atoms with Gasteiger partial charge < -0.3 is 5.32 Å². The molecule has 1 N–H and O–H groups in total. The predicted molar refractivity (Wildman–Crippen MR) is 52.7 cm³/mol. The minimum Gasteiger partial charge on any atom is -0.385 e. The Kier molecular flexibility index (Phi) is 1.80. The Balaban J connectivity index is 2.47. The molecule has 1 unspecified atom stereocenters. The van der Waals surface area contributed by atoms with E-state index in [9.17, 15) is 0 Å². The number of aryl methyl sites for hydroxylation is 1. The van der Waals surface area contributed by atoms with Crippen molar-refractivity contribution in [3.8, 4) is 0 Å². The van der Waals surface area contributed by atoms with E-state index in [1.54, 1.807) is 0 Å². The van der Waals surface area contributed by atoms with Gasteiger partial charge >= 0.3 is 0 Å². The summed E-state index contributed by atoms with van der Waals surface area (Å²) in [5, 5.41) is 3.42. The Morgan fingerprint density at radius 1 is 1.42 bits per heavy atom. The molecule has 1 aromatic rings. The molecule has 0 bridgehead atoms. The molecule has 1 nitrogen and oxygen atoms in total. The van der Waals surface area contributed by atoms with Crippen LogP contribution in [-0.2, 0) is 0 Å². The Labute approximate surface area is 73.8 Å². The van der Waals surface area contributed by atoms with E-state index in [0.29, 0.717) is 0 Å². The van der Waals surface area contributed by atoms with E-state index in [-0.39, 0.29) is 0 Å². The third-order valence-corrected chi connectivity index (χ3v) is 2.63. The lowest BCUT2D eigenvalue weighted by Gasteiger charge is -2.24. The van der Waals surface area contributed by atoms with Gasteiger partial charge in [-0.1, -0.05) is 24.6 Å². The first kappa shape index (κ1) is 7.66. The predicted octanol–water partition coefficient (Wildman–Crippen LogP) is 2.91. The molecule has 0 fully saturated rings. The van der Waals surface area contributed by atoms with E-state index in [0.717, 1.165) is 12.5 Å². The molecule has 1 atom stereocenters. The lowest BCUT2D eigenvalue weighted by molar-refractivity contribution is 0.683. The number of anilines is 1. The summed E-state index contributed by atoms with van der Waals surface area (Å²) in [6.07, 6.45) is 1.26. The summed E-state index contributed by atoms with van der Waals surface area (Å²) in [7, 11) is 0. The van der Waals surface area contributed by atoms with Gasteiger partial charge in [0.05, 0.1) is 0 Å². The maximum Gasteiger partial charge on any atom is 0.0375 e. The molecular weight excluding hydrogens is 146 g/mol. The summed E-state index contributed by atoms with van der Waals surface area (Å²) in [6.45, 7) is 5.58. The minimum atomic E-state index is 0.723. The summed E-state index contributed by atoms with van der Waals surface area (Å²) in [4.78, 5) is 0. The lowest BCUT2D eigenvalue weighted by Crippen LogP contribution is -2.14. The first-order chi connectivity index (χ1) is 5.77. The summed E-state index contributed by atoms with van der Waals surface area (Å²) >= 11 is 0. The third kappa shape index (κ3) is 1.20. The van der Waals surface area contributed by atoms with Crippen LogP contribution in [0.25, 0.3) is 0 Å². The van der Waals surface area contributed by atoms with Gasteiger partial charge in [0.2, 0.25) is 0 Å². The van der Waals surface area contributed by atoms with Gasteiger partial charge in [0.15, 0.2) is 0 Å². The highest BCUT2D eigenvalue weighted by molar-refractivity contribution is 5.55. The number of rotatable bonds is 0. The van der Waals surface area contributed by atoms with Crippen LogP contribution in [0.5, 0.6) is 0 Å². The van der Waals surface area contributed by atoms with E-state index >= 15 is 0 Å². The van der Waals surface area contributed by atoms with Crippen molar-refractivity contribution in [2.24, 2.45) is 0 Å². The summed E-state index contributed by atoms with van der Waals surface area (Å²) in [6, 6.07) is 6.66. The molecule has 1 heterocycles. The molecule has 0 saturated heterocycles. The highest BCUT2D eigenvalue weighted by atomic mass is 14.9. The van der Waals surface area contributed by atoms with Gasteiger partial charge in [-0.05, 0) is 30.9 Å². The number of hydrogen-bond donors (Lipinski definition) is 1. The van der Waals surface area contributed by atoms with E-state index in [1.165, 1.54) is 23.2 Å². The van der Waals surface area contributed by atoms with E-state index < -0.39 is 0 Å². The number of nitrogens with one attached hydrogen (secondary N) is 1. The molecule has 0 radical (unpaired) electrons. The molecule has 1 heteroatoms. The molecule has 12 heavy (non-hydrogen) atoms. The lowest BCUT2D eigenvalue weighted by atomic mass is 9.92. The second kappa shape index (κ2) is 2.81. The van der Waals surface area contributed by atoms with Gasteiger partial charge in [0, 0.05) is 12.2 Å². The van der Waals surface area contributed by atoms with E-state index in [1.807, 2.05) is 0 Å². The van der Waals surface area contributed by atoms with Crippen molar-refractivity contribution < 1.29 is 0 Å². The maximum absolute atomic E-state index is 3.42. The van der Waals surface area contributed by atoms with Crippen molar-refractivity contribution in [1.82, 2.24) is 0 Å². The number of fused-ring (bicyclic) bond motifs is 1. The average molecular weight is 161 g/mol. The van der Waals surface area contributed by atoms with Crippen LogP contribution in [-0.4, -0.2) is 6.54 Å². The van der Waals surface area contributed by atoms with Crippen molar-refractivity contribution in [2.75, 3.05) is 11.9 Å². The zero-order chi connectivity index (χ0) is 8.55. The van der Waals surface area contributed by atoms with Gasteiger partial charge in [0.1, 0.15) is 0 Å². The zero-order valence-electron chi connectivity index (χ0n) is 7.72. The molecule has 0 spiro atoms. The molecule has 64 valence electrons. The number of benzene rings is 1. The van der Waals surface area contributed by atoms with Crippen molar-refractivity contribution in [2.45, 2.75) is 26.2 Å². The van der Waals surface area contributed by atoms with E-state index in [2.05, 4.69) is 37.4 Å². The SMILES string of the molecule is Cc1ccc2c(c1)C(C)CCN2. The molecule has 2 rings (SSSR count). The maximum atomic E-state index is 3.42. The first-order valence-corrected chi connectivity index (χ1v) is 4.62. The van der Waals surface area contributed by atoms with Crippen LogP contribution in [0.4, 0.5) is 5.69 Å². The van der Waals surface area contributed by atoms with Crippen LogP contribution in [0.2, 0.25) is 0 Å². The van der Waals surface area contributed by atoms with Crippen molar-refractivity contribution in [3.63, 3.8) is 0 Å². The highest BCUT2D eigenvalue weighted by Gasteiger charge is 2.14. The Morgan fingerprint density at radius 2 is 2.25 bits per heavy atom. The number of hydrogen-bond acceptors (Lipinski definition) is 1. The first-order valence-electron chi connectivity index (χ1n) is 4.62. The van der Waals surface area contributed by atoms with E-state index in [4.69, 9.17) is 0 Å². The molecule has 0 aromatic heterocycles. The highest BCUT2D eigenvalue weighted by Crippen LogP contribution is 2.31. The molecule has 1 aromatic carbocycles. The summed E-state index contributed by atoms with van der Waals surface area (Å²) < 4.78 is 0. The molecule has 1 aliphatic rings. The fraction of sp³-hybridized carbons (Fsp3) is 0.455. The Bertz CT molecular complexity index is 291. The zero-order valence-corrected chi connectivity index (χ0v) is 7.72. The normalized spacial score (nSPS) is 21.3.